The topological polar surface area (TPSA) is 21.3 Å². The Morgan fingerprint density at radius 3 is 1.70 bits per heavy atom. The van der Waals surface area contributed by atoms with Gasteiger partial charge in [0.15, 0.2) is 0 Å². The van der Waals surface area contributed by atoms with Crippen LogP contribution in [-0.2, 0) is 10.8 Å². The molecule has 0 saturated heterocycles. The van der Waals surface area contributed by atoms with Gasteiger partial charge in [-0.2, -0.15) is 0 Å². The molecule has 0 radical (unpaired) electrons. The van der Waals surface area contributed by atoms with E-state index in [9.17, 15) is 0 Å². The largest absolute Gasteiger partial charge is 0.456 e. The Labute approximate surface area is 404 Å². The van der Waals surface area contributed by atoms with Crippen molar-refractivity contribution in [1.82, 2.24) is 4.57 Å². The average molecular weight is 891 g/mol. The molecule has 0 N–H and O–H groups in total. The van der Waals surface area contributed by atoms with Crippen molar-refractivity contribution >= 4 is 71.6 Å². The fraction of sp³-hybridized carbons (Fsp3) is 0.121. The van der Waals surface area contributed by atoms with E-state index in [1.165, 1.54) is 54.9 Å². The summed E-state index contributed by atoms with van der Waals surface area (Å²) in [4.78, 5) is 2.50. The zero-order valence-electron chi connectivity index (χ0n) is 40.1. The first-order valence-electron chi connectivity index (χ1n) is 24.2. The minimum Gasteiger partial charge on any atom is -0.456 e. The van der Waals surface area contributed by atoms with Crippen molar-refractivity contribution in [3.63, 3.8) is 0 Å². The maximum atomic E-state index is 6.34. The fourth-order valence-corrected chi connectivity index (χ4v) is 10.5. The number of para-hydroxylation sites is 5. The number of hydrogen-bond acceptors (Lipinski definition) is 2. The molecule has 12 rings (SSSR count). The van der Waals surface area contributed by atoms with Gasteiger partial charge in [-0.25, -0.2) is 0 Å². The highest BCUT2D eigenvalue weighted by Gasteiger charge is 2.26. The van der Waals surface area contributed by atoms with Crippen molar-refractivity contribution in [3.8, 4) is 39.1 Å². The van der Waals surface area contributed by atoms with Gasteiger partial charge in [0.1, 0.15) is 11.2 Å². The summed E-state index contributed by atoms with van der Waals surface area (Å²) in [6.07, 6.45) is 0. The molecule has 0 saturated carbocycles. The van der Waals surface area contributed by atoms with Crippen LogP contribution in [0.25, 0.3) is 93.6 Å². The summed E-state index contributed by atoms with van der Waals surface area (Å²) in [6, 6.07) is 80.2. The zero-order chi connectivity index (χ0) is 47.0. The second-order valence-electron chi connectivity index (χ2n) is 20.6. The third kappa shape index (κ3) is 7.28. The molecule has 0 amide bonds. The van der Waals surface area contributed by atoms with Crippen LogP contribution in [0.4, 0.5) is 17.1 Å². The quantitative estimate of drug-likeness (QED) is 0.159. The van der Waals surface area contributed by atoms with Crippen molar-refractivity contribution in [2.45, 2.75) is 52.4 Å². The first-order chi connectivity index (χ1) is 33.5. The molecular formula is C66H54N2O. The zero-order valence-corrected chi connectivity index (χ0v) is 40.1. The van der Waals surface area contributed by atoms with E-state index in [1.54, 1.807) is 0 Å². The van der Waals surface area contributed by atoms with E-state index in [-0.39, 0.29) is 10.8 Å². The van der Waals surface area contributed by atoms with Crippen LogP contribution in [-0.4, -0.2) is 4.57 Å². The van der Waals surface area contributed by atoms with E-state index in [2.05, 4.69) is 263 Å². The number of fused-ring (bicyclic) bond motifs is 7. The number of aromatic nitrogens is 1. The summed E-state index contributed by atoms with van der Waals surface area (Å²) in [7, 11) is 0. The highest BCUT2D eigenvalue weighted by atomic mass is 16.3. The van der Waals surface area contributed by atoms with Crippen molar-refractivity contribution in [2.75, 3.05) is 4.90 Å². The molecule has 0 aliphatic rings. The molecule has 0 unspecified atom stereocenters. The summed E-state index contributed by atoms with van der Waals surface area (Å²) < 4.78 is 8.74. The standard InChI is InChI=1S/C66H54N2O/c1-65(2,3)46-38-45(39-47(41-46)66(4,5)6)51-28-18-20-43-21-19-29-55(64(43)51)52-25-11-15-31-59(52)68(49-35-36-61-56(42-49)53-26-12-16-32-60(53)67(61)48-22-8-7-9-23-48)58-30-14-10-24-50(58)44-34-37-63-57(40-44)54-27-13-17-33-62(54)69-63/h7-42H,1-6H3. The smallest absolute Gasteiger partial charge is 0.135 e. The predicted octanol–water partition coefficient (Wildman–Crippen LogP) is 18.9. The molecule has 3 nitrogen and oxygen atoms in total. The molecule has 2 heterocycles. The monoisotopic (exact) mass is 890 g/mol. The fourth-order valence-electron chi connectivity index (χ4n) is 10.5. The first kappa shape index (κ1) is 42.2. The van der Waals surface area contributed by atoms with Crippen LogP contribution in [0.5, 0.6) is 0 Å². The maximum Gasteiger partial charge on any atom is 0.135 e. The van der Waals surface area contributed by atoms with Crippen LogP contribution < -0.4 is 4.90 Å². The van der Waals surface area contributed by atoms with Gasteiger partial charge in [0.05, 0.1) is 22.4 Å². The SMILES string of the molecule is CC(C)(C)c1cc(-c2cccc3cccc(-c4ccccc4N(c4ccc5c(c4)c4ccccc4n5-c4ccccc4)c4ccccc4-c4ccc5oc6ccccc6c5c4)c23)cc(C(C)(C)C)c1. The lowest BCUT2D eigenvalue weighted by Gasteiger charge is -2.30. The molecule has 12 aromatic rings. The Morgan fingerprint density at radius 1 is 0.377 bits per heavy atom. The minimum atomic E-state index is -0.0202. The van der Waals surface area contributed by atoms with E-state index in [0.29, 0.717) is 0 Å². The van der Waals surface area contributed by atoms with Gasteiger partial charge < -0.3 is 13.9 Å². The summed E-state index contributed by atoms with van der Waals surface area (Å²) >= 11 is 0. The van der Waals surface area contributed by atoms with Crippen LogP contribution in [0.3, 0.4) is 0 Å². The van der Waals surface area contributed by atoms with Gasteiger partial charge in [0.2, 0.25) is 0 Å². The van der Waals surface area contributed by atoms with Crippen LogP contribution >= 0.6 is 0 Å². The summed E-state index contributed by atoms with van der Waals surface area (Å²) in [5, 5.41) is 7.07. The van der Waals surface area contributed by atoms with Crippen LogP contribution in [0.15, 0.2) is 223 Å². The van der Waals surface area contributed by atoms with Gasteiger partial charge >= 0.3 is 0 Å². The minimum absolute atomic E-state index is 0.0202. The van der Waals surface area contributed by atoms with Gasteiger partial charge in [0.25, 0.3) is 0 Å². The van der Waals surface area contributed by atoms with Crippen molar-refractivity contribution in [2.24, 2.45) is 0 Å². The van der Waals surface area contributed by atoms with E-state index in [0.717, 1.165) is 66.9 Å². The van der Waals surface area contributed by atoms with E-state index < -0.39 is 0 Å². The number of anilines is 3. The number of benzene rings is 10. The summed E-state index contributed by atoms with van der Waals surface area (Å²) in [5.74, 6) is 0. The van der Waals surface area contributed by atoms with Gasteiger partial charge in [0, 0.05) is 44.0 Å². The average Bonchev–Trinajstić information content (AvgIpc) is 3.91. The van der Waals surface area contributed by atoms with Gasteiger partial charge in [-0.1, -0.05) is 193 Å². The second-order valence-corrected chi connectivity index (χ2v) is 20.6. The third-order valence-electron chi connectivity index (χ3n) is 14.1. The van der Waals surface area contributed by atoms with Crippen molar-refractivity contribution < 1.29 is 4.42 Å². The highest BCUT2D eigenvalue weighted by Crippen LogP contribution is 2.49. The van der Waals surface area contributed by atoms with Crippen molar-refractivity contribution in [1.29, 1.82) is 0 Å². The second kappa shape index (κ2) is 16.3. The molecular weight excluding hydrogens is 837 g/mol. The lowest BCUT2D eigenvalue weighted by Crippen LogP contribution is -2.16. The molecule has 3 heteroatoms. The van der Waals surface area contributed by atoms with Crippen LogP contribution in [0.1, 0.15) is 52.7 Å². The van der Waals surface area contributed by atoms with Gasteiger partial charge in [-0.15, -0.1) is 0 Å². The molecule has 0 aliphatic heterocycles. The Morgan fingerprint density at radius 2 is 0.957 bits per heavy atom. The molecule has 0 bridgehead atoms. The molecule has 334 valence electrons. The first-order valence-corrected chi connectivity index (χ1v) is 24.2. The Balaban J connectivity index is 1.13. The molecule has 10 aromatic carbocycles. The molecule has 2 aromatic heterocycles. The van der Waals surface area contributed by atoms with Crippen molar-refractivity contribution in [3.05, 3.63) is 230 Å². The van der Waals surface area contributed by atoms with E-state index in [1.807, 2.05) is 6.07 Å². The molecule has 0 spiro atoms. The van der Waals surface area contributed by atoms with Gasteiger partial charge in [-0.3, -0.25) is 0 Å². The molecule has 0 aliphatic carbocycles. The number of hydrogen-bond donors (Lipinski definition) is 0. The maximum absolute atomic E-state index is 6.34. The van der Waals surface area contributed by atoms with Crippen LogP contribution in [0, 0.1) is 0 Å². The number of nitrogens with zero attached hydrogens (tertiary/aromatic N) is 2. The Bertz CT molecular complexity index is 3890. The summed E-state index contributed by atoms with van der Waals surface area (Å²) in [6.45, 7) is 13.9. The normalized spacial score (nSPS) is 12.2. The Kier molecular flexibility index (Phi) is 9.97. The van der Waals surface area contributed by atoms with Gasteiger partial charge in [-0.05, 0) is 122 Å². The lowest BCUT2D eigenvalue weighted by molar-refractivity contribution is 0.569. The predicted molar refractivity (Wildman–Crippen MR) is 294 cm³/mol. The summed E-state index contributed by atoms with van der Waals surface area (Å²) in [5.41, 5.74) is 18.2. The van der Waals surface area contributed by atoms with E-state index >= 15 is 0 Å². The molecule has 0 fully saturated rings. The lowest BCUT2D eigenvalue weighted by atomic mass is 9.78. The third-order valence-corrected chi connectivity index (χ3v) is 14.1. The number of rotatable bonds is 7. The molecule has 0 atom stereocenters. The molecule has 69 heavy (non-hydrogen) atoms. The number of furan rings is 1. The van der Waals surface area contributed by atoms with Crippen LogP contribution in [0.2, 0.25) is 0 Å². The Hall–Kier alpha value is -8.14. The highest BCUT2D eigenvalue weighted by molar-refractivity contribution is 6.13. The van der Waals surface area contributed by atoms with E-state index in [4.69, 9.17) is 4.42 Å².